The zero-order chi connectivity index (χ0) is 13.2. The zero-order valence-electron chi connectivity index (χ0n) is 12.3. The van der Waals surface area contributed by atoms with Crippen molar-refractivity contribution in [3.63, 3.8) is 0 Å². The van der Waals surface area contributed by atoms with Crippen molar-refractivity contribution in [1.29, 1.82) is 0 Å². The first kappa shape index (κ1) is 14.3. The Kier molecular flexibility index (Phi) is 4.68. The normalized spacial score (nSPS) is 42.3. The molecule has 0 bridgehead atoms. The minimum absolute atomic E-state index is 0.450. The lowest BCUT2D eigenvalue weighted by Crippen LogP contribution is -2.45. The number of nitrogens with zero attached hydrogens (tertiary/aromatic N) is 1. The van der Waals surface area contributed by atoms with E-state index in [0.717, 1.165) is 44.4 Å². The Morgan fingerprint density at radius 3 is 2.78 bits per heavy atom. The molecule has 0 aromatic rings. The summed E-state index contributed by atoms with van der Waals surface area (Å²) in [6.07, 6.45) is 4.97. The molecule has 1 saturated carbocycles. The van der Waals surface area contributed by atoms with Gasteiger partial charge < -0.3 is 15.3 Å². The standard InChI is InChI=1S/C15H30N2O/c1-4-16-14-6-5-12(2)9-13(14)10-17-8-7-15(3,18)11-17/h12-14,16,18H,4-11H2,1-3H3. The molecule has 2 rings (SSSR count). The molecule has 18 heavy (non-hydrogen) atoms. The third kappa shape index (κ3) is 3.69. The van der Waals surface area contributed by atoms with Gasteiger partial charge in [0.15, 0.2) is 0 Å². The third-order valence-electron chi connectivity index (χ3n) is 4.73. The van der Waals surface area contributed by atoms with E-state index in [-0.39, 0.29) is 0 Å². The quantitative estimate of drug-likeness (QED) is 0.804. The molecule has 3 nitrogen and oxygen atoms in total. The van der Waals surface area contributed by atoms with Gasteiger partial charge in [-0.3, -0.25) is 0 Å². The summed E-state index contributed by atoms with van der Waals surface area (Å²) in [5.41, 5.74) is -0.450. The van der Waals surface area contributed by atoms with Gasteiger partial charge in [-0.1, -0.05) is 13.8 Å². The van der Waals surface area contributed by atoms with Crippen LogP contribution in [0, 0.1) is 11.8 Å². The van der Waals surface area contributed by atoms with Crippen LogP contribution in [0.5, 0.6) is 0 Å². The highest BCUT2D eigenvalue weighted by molar-refractivity contribution is 4.90. The van der Waals surface area contributed by atoms with Crippen LogP contribution < -0.4 is 5.32 Å². The molecule has 4 unspecified atom stereocenters. The van der Waals surface area contributed by atoms with Gasteiger partial charge >= 0.3 is 0 Å². The second-order valence-corrected chi connectivity index (χ2v) is 6.82. The summed E-state index contributed by atoms with van der Waals surface area (Å²) in [6, 6.07) is 0.691. The highest BCUT2D eigenvalue weighted by Crippen LogP contribution is 2.31. The smallest absolute Gasteiger partial charge is 0.0758 e. The molecule has 1 aliphatic heterocycles. The third-order valence-corrected chi connectivity index (χ3v) is 4.73. The van der Waals surface area contributed by atoms with Gasteiger partial charge in [-0.05, 0) is 51.0 Å². The average molecular weight is 254 g/mol. The maximum absolute atomic E-state index is 10.1. The lowest BCUT2D eigenvalue weighted by molar-refractivity contribution is 0.0626. The molecule has 2 N–H and O–H groups in total. The molecule has 0 aromatic carbocycles. The highest BCUT2D eigenvalue weighted by atomic mass is 16.3. The Morgan fingerprint density at radius 1 is 1.39 bits per heavy atom. The van der Waals surface area contributed by atoms with E-state index >= 15 is 0 Å². The maximum Gasteiger partial charge on any atom is 0.0758 e. The molecule has 4 atom stereocenters. The fourth-order valence-corrected chi connectivity index (χ4v) is 3.76. The molecule has 0 radical (unpaired) electrons. The second-order valence-electron chi connectivity index (χ2n) is 6.82. The van der Waals surface area contributed by atoms with Crippen LogP contribution in [0.25, 0.3) is 0 Å². The van der Waals surface area contributed by atoms with Gasteiger partial charge in [0.05, 0.1) is 5.60 Å². The molecule has 0 amide bonds. The van der Waals surface area contributed by atoms with E-state index in [2.05, 4.69) is 24.1 Å². The molecule has 1 heterocycles. The molecular weight excluding hydrogens is 224 g/mol. The minimum Gasteiger partial charge on any atom is -0.389 e. The molecule has 1 aliphatic carbocycles. The van der Waals surface area contributed by atoms with Crippen LogP contribution in [-0.4, -0.2) is 47.8 Å². The summed E-state index contributed by atoms with van der Waals surface area (Å²) in [6.45, 7) is 10.7. The molecular formula is C15H30N2O. The van der Waals surface area contributed by atoms with Crippen LogP contribution in [0.2, 0.25) is 0 Å². The van der Waals surface area contributed by atoms with Crippen LogP contribution in [0.3, 0.4) is 0 Å². The van der Waals surface area contributed by atoms with E-state index < -0.39 is 5.60 Å². The van der Waals surface area contributed by atoms with Crippen LogP contribution in [0.4, 0.5) is 0 Å². The Balaban J connectivity index is 1.88. The van der Waals surface area contributed by atoms with Crippen LogP contribution in [0.15, 0.2) is 0 Å². The summed E-state index contributed by atoms with van der Waals surface area (Å²) < 4.78 is 0. The van der Waals surface area contributed by atoms with Gasteiger partial charge in [0.1, 0.15) is 0 Å². The van der Waals surface area contributed by atoms with Crippen LogP contribution in [-0.2, 0) is 0 Å². The SMILES string of the molecule is CCNC1CCC(C)CC1CN1CCC(C)(O)C1. The Labute approximate surface area is 112 Å². The lowest BCUT2D eigenvalue weighted by Gasteiger charge is -2.37. The number of aliphatic hydroxyl groups is 1. The molecule has 0 aromatic heterocycles. The number of rotatable bonds is 4. The number of β-amino-alcohol motifs (C(OH)–C–C–N with tert-alkyl or cyclic N) is 1. The first-order valence-electron chi connectivity index (χ1n) is 7.68. The molecule has 2 fully saturated rings. The fourth-order valence-electron chi connectivity index (χ4n) is 3.76. The van der Waals surface area contributed by atoms with E-state index in [0.29, 0.717) is 6.04 Å². The number of hydrogen-bond acceptors (Lipinski definition) is 3. The summed E-state index contributed by atoms with van der Waals surface area (Å²) in [7, 11) is 0. The molecule has 0 spiro atoms. The highest BCUT2D eigenvalue weighted by Gasteiger charge is 2.35. The lowest BCUT2D eigenvalue weighted by atomic mass is 9.78. The van der Waals surface area contributed by atoms with E-state index in [9.17, 15) is 5.11 Å². The van der Waals surface area contributed by atoms with Crippen molar-refractivity contribution in [2.24, 2.45) is 11.8 Å². The summed E-state index contributed by atoms with van der Waals surface area (Å²) in [5.74, 6) is 1.63. The maximum atomic E-state index is 10.1. The monoisotopic (exact) mass is 254 g/mol. The van der Waals surface area contributed by atoms with Crippen molar-refractivity contribution in [2.45, 2.75) is 58.1 Å². The van der Waals surface area contributed by atoms with Crippen LogP contribution >= 0.6 is 0 Å². The number of likely N-dealkylation sites (tertiary alicyclic amines) is 1. The molecule has 3 heteroatoms. The van der Waals surface area contributed by atoms with E-state index in [1.54, 1.807) is 0 Å². The molecule has 1 saturated heterocycles. The van der Waals surface area contributed by atoms with Gasteiger partial charge in [0.2, 0.25) is 0 Å². The van der Waals surface area contributed by atoms with Crippen LogP contribution in [0.1, 0.15) is 46.5 Å². The predicted molar refractivity (Wildman–Crippen MR) is 75.7 cm³/mol. The van der Waals surface area contributed by atoms with Gasteiger partial charge in [-0.25, -0.2) is 0 Å². The van der Waals surface area contributed by atoms with Crippen molar-refractivity contribution < 1.29 is 5.11 Å². The number of hydrogen-bond donors (Lipinski definition) is 2. The average Bonchev–Trinajstić information content (AvgIpc) is 2.62. The topological polar surface area (TPSA) is 35.5 Å². The van der Waals surface area contributed by atoms with Crippen molar-refractivity contribution >= 4 is 0 Å². The molecule has 2 aliphatic rings. The largest absolute Gasteiger partial charge is 0.389 e. The first-order valence-corrected chi connectivity index (χ1v) is 7.68. The number of nitrogens with one attached hydrogen (secondary N) is 1. The fraction of sp³-hybridized carbons (Fsp3) is 1.00. The zero-order valence-corrected chi connectivity index (χ0v) is 12.3. The molecule has 106 valence electrons. The van der Waals surface area contributed by atoms with E-state index in [4.69, 9.17) is 0 Å². The first-order chi connectivity index (χ1) is 8.50. The van der Waals surface area contributed by atoms with Gasteiger partial charge in [-0.2, -0.15) is 0 Å². The summed E-state index contributed by atoms with van der Waals surface area (Å²) in [4.78, 5) is 2.47. The van der Waals surface area contributed by atoms with E-state index in [1.807, 2.05) is 6.92 Å². The predicted octanol–water partition coefficient (Wildman–Crippen LogP) is 1.86. The Hall–Kier alpha value is -0.120. The summed E-state index contributed by atoms with van der Waals surface area (Å²) in [5, 5.41) is 13.7. The van der Waals surface area contributed by atoms with Gasteiger partial charge in [-0.15, -0.1) is 0 Å². The Morgan fingerprint density at radius 2 is 2.17 bits per heavy atom. The van der Waals surface area contributed by atoms with Crippen molar-refractivity contribution in [2.75, 3.05) is 26.2 Å². The van der Waals surface area contributed by atoms with Gasteiger partial charge in [0.25, 0.3) is 0 Å². The second kappa shape index (κ2) is 5.89. The summed E-state index contributed by atoms with van der Waals surface area (Å²) >= 11 is 0. The minimum atomic E-state index is -0.450. The van der Waals surface area contributed by atoms with Crippen molar-refractivity contribution in [3.8, 4) is 0 Å². The van der Waals surface area contributed by atoms with Gasteiger partial charge in [0, 0.05) is 25.7 Å². The Bertz CT molecular complexity index is 267. The van der Waals surface area contributed by atoms with Crippen molar-refractivity contribution in [3.05, 3.63) is 0 Å². The van der Waals surface area contributed by atoms with Crippen molar-refractivity contribution in [1.82, 2.24) is 10.2 Å². The van der Waals surface area contributed by atoms with E-state index in [1.165, 1.54) is 19.3 Å².